The largest absolute Gasteiger partial charge is 0.340 e. The Morgan fingerprint density at radius 3 is 2.14 bits per heavy atom. The molecule has 3 N–H and O–H groups in total. The van der Waals surface area contributed by atoms with E-state index < -0.39 is 0 Å². The summed E-state index contributed by atoms with van der Waals surface area (Å²) >= 11 is 0. The fraction of sp³-hybridized carbons (Fsp3) is 0.188. The Bertz CT molecular complexity index is 651. The highest BCUT2D eigenvalue weighted by atomic mass is 16.2. The molecule has 22 heavy (non-hydrogen) atoms. The van der Waals surface area contributed by atoms with Crippen molar-refractivity contribution in [2.24, 2.45) is 0 Å². The molecule has 2 rings (SSSR count). The molecule has 0 aliphatic heterocycles. The molecule has 0 unspecified atom stereocenters. The summed E-state index contributed by atoms with van der Waals surface area (Å²) < 4.78 is 0. The van der Waals surface area contributed by atoms with Gasteiger partial charge in [-0.25, -0.2) is 4.98 Å². The minimum atomic E-state index is -0.105. The van der Waals surface area contributed by atoms with Gasteiger partial charge in [-0.05, 0) is 36.4 Å². The predicted octanol–water partition coefficient (Wildman–Crippen LogP) is 3.13. The van der Waals surface area contributed by atoms with Crippen LogP contribution in [0.2, 0.25) is 0 Å². The van der Waals surface area contributed by atoms with E-state index in [1.807, 2.05) is 12.1 Å². The van der Waals surface area contributed by atoms with E-state index in [1.165, 1.54) is 6.92 Å². The van der Waals surface area contributed by atoms with Gasteiger partial charge in [-0.1, -0.05) is 6.92 Å². The third-order valence-electron chi connectivity index (χ3n) is 2.85. The Balaban J connectivity index is 1.98. The molecule has 2 amide bonds. The molecule has 0 saturated heterocycles. The first-order valence-corrected chi connectivity index (χ1v) is 6.97. The average Bonchev–Trinajstić information content (AvgIpc) is 2.50. The summed E-state index contributed by atoms with van der Waals surface area (Å²) in [4.78, 5) is 26.5. The zero-order valence-corrected chi connectivity index (χ0v) is 12.5. The number of nitrogens with one attached hydrogen (secondary N) is 3. The van der Waals surface area contributed by atoms with Crippen LogP contribution in [-0.4, -0.2) is 16.8 Å². The fourth-order valence-electron chi connectivity index (χ4n) is 1.78. The smallest absolute Gasteiger partial charge is 0.224 e. The molecule has 6 heteroatoms. The van der Waals surface area contributed by atoms with Gasteiger partial charge < -0.3 is 16.0 Å². The number of nitrogens with zero attached hydrogens (tertiary/aromatic N) is 1. The summed E-state index contributed by atoms with van der Waals surface area (Å²) in [5.41, 5.74) is 2.26. The second kappa shape index (κ2) is 7.21. The Hall–Kier alpha value is -2.89. The highest BCUT2D eigenvalue weighted by Crippen LogP contribution is 2.18. The van der Waals surface area contributed by atoms with Crippen molar-refractivity contribution in [1.82, 2.24) is 4.98 Å². The minimum Gasteiger partial charge on any atom is -0.340 e. The van der Waals surface area contributed by atoms with Gasteiger partial charge in [-0.15, -0.1) is 0 Å². The van der Waals surface area contributed by atoms with E-state index in [2.05, 4.69) is 20.9 Å². The maximum atomic E-state index is 11.3. The van der Waals surface area contributed by atoms with Crippen LogP contribution >= 0.6 is 0 Å². The van der Waals surface area contributed by atoms with Gasteiger partial charge in [-0.3, -0.25) is 9.59 Å². The molecule has 0 fully saturated rings. The molecule has 1 heterocycles. The summed E-state index contributed by atoms with van der Waals surface area (Å²) in [7, 11) is 0. The van der Waals surface area contributed by atoms with Crippen molar-refractivity contribution >= 4 is 34.7 Å². The number of hydrogen-bond acceptors (Lipinski definition) is 4. The average molecular weight is 298 g/mol. The second-order valence-electron chi connectivity index (χ2n) is 4.72. The summed E-state index contributed by atoms with van der Waals surface area (Å²) in [6, 6.07) is 10.9. The molecule has 1 aromatic heterocycles. The number of rotatable bonds is 5. The highest BCUT2D eigenvalue weighted by Gasteiger charge is 2.01. The van der Waals surface area contributed by atoms with Crippen LogP contribution in [0.25, 0.3) is 0 Å². The number of carbonyl (C=O) groups is 2. The van der Waals surface area contributed by atoms with E-state index >= 15 is 0 Å². The van der Waals surface area contributed by atoms with Crippen molar-refractivity contribution in [1.29, 1.82) is 0 Å². The summed E-state index contributed by atoms with van der Waals surface area (Å²) in [6.45, 7) is 3.26. The number of hydrogen-bond donors (Lipinski definition) is 3. The number of aromatic nitrogens is 1. The Morgan fingerprint density at radius 2 is 1.59 bits per heavy atom. The second-order valence-corrected chi connectivity index (χ2v) is 4.72. The molecular weight excluding hydrogens is 280 g/mol. The van der Waals surface area contributed by atoms with Gasteiger partial charge in [0.25, 0.3) is 0 Å². The van der Waals surface area contributed by atoms with E-state index in [0.717, 1.165) is 11.4 Å². The van der Waals surface area contributed by atoms with Gasteiger partial charge in [0.1, 0.15) is 5.82 Å². The van der Waals surface area contributed by atoms with Crippen molar-refractivity contribution in [2.45, 2.75) is 20.3 Å². The van der Waals surface area contributed by atoms with E-state index in [4.69, 9.17) is 0 Å². The van der Waals surface area contributed by atoms with Crippen LogP contribution in [0.5, 0.6) is 0 Å². The molecule has 0 atom stereocenters. The van der Waals surface area contributed by atoms with Crippen LogP contribution in [0.1, 0.15) is 20.3 Å². The van der Waals surface area contributed by atoms with Gasteiger partial charge >= 0.3 is 0 Å². The van der Waals surface area contributed by atoms with E-state index in [1.54, 1.807) is 37.4 Å². The third kappa shape index (κ3) is 4.59. The van der Waals surface area contributed by atoms with Gasteiger partial charge in [0.05, 0.1) is 11.9 Å². The maximum absolute atomic E-state index is 11.3. The Labute approximate surface area is 129 Å². The number of carbonyl (C=O) groups excluding carboxylic acids is 2. The van der Waals surface area contributed by atoms with Gasteiger partial charge in [0, 0.05) is 24.7 Å². The molecule has 0 radical (unpaired) electrons. The van der Waals surface area contributed by atoms with Crippen LogP contribution in [0, 0.1) is 0 Å². The van der Waals surface area contributed by atoms with E-state index in [0.29, 0.717) is 17.9 Å². The van der Waals surface area contributed by atoms with Crippen LogP contribution in [0.4, 0.5) is 22.9 Å². The Morgan fingerprint density at radius 1 is 0.955 bits per heavy atom. The van der Waals surface area contributed by atoms with Crippen molar-refractivity contribution in [3.63, 3.8) is 0 Å². The lowest BCUT2D eigenvalue weighted by Crippen LogP contribution is -2.09. The van der Waals surface area contributed by atoms with E-state index in [-0.39, 0.29) is 11.8 Å². The molecule has 0 aliphatic rings. The van der Waals surface area contributed by atoms with Gasteiger partial charge in [0.2, 0.25) is 11.8 Å². The molecule has 114 valence electrons. The van der Waals surface area contributed by atoms with Gasteiger partial charge in [0.15, 0.2) is 0 Å². The van der Waals surface area contributed by atoms with Crippen molar-refractivity contribution < 1.29 is 9.59 Å². The summed E-state index contributed by atoms with van der Waals surface area (Å²) in [6.07, 6.45) is 2.03. The van der Waals surface area contributed by atoms with Crippen LogP contribution < -0.4 is 16.0 Å². The fourth-order valence-corrected chi connectivity index (χ4v) is 1.78. The lowest BCUT2D eigenvalue weighted by molar-refractivity contribution is -0.116. The molecule has 0 saturated carbocycles. The monoisotopic (exact) mass is 298 g/mol. The zero-order chi connectivity index (χ0) is 15.9. The van der Waals surface area contributed by atoms with Crippen LogP contribution in [0.15, 0.2) is 42.6 Å². The number of benzene rings is 1. The number of anilines is 4. The topological polar surface area (TPSA) is 83.1 Å². The first-order chi connectivity index (χ1) is 10.6. The lowest BCUT2D eigenvalue weighted by Gasteiger charge is -2.08. The first-order valence-electron chi connectivity index (χ1n) is 6.97. The lowest BCUT2D eigenvalue weighted by atomic mass is 10.2. The number of pyridine rings is 1. The molecule has 2 aromatic rings. The van der Waals surface area contributed by atoms with Crippen LogP contribution in [-0.2, 0) is 9.59 Å². The minimum absolute atomic E-state index is 0.0453. The standard InChI is InChI=1S/C16H18N4O2/c1-3-16(22)20-14-8-9-15(17-10-14)19-13-6-4-12(5-7-13)18-11(2)21/h4-10H,3H2,1-2H3,(H,17,19)(H,18,21)(H,20,22). The Kier molecular flexibility index (Phi) is 5.08. The molecule has 6 nitrogen and oxygen atoms in total. The molecule has 0 bridgehead atoms. The van der Waals surface area contributed by atoms with Gasteiger partial charge in [-0.2, -0.15) is 0 Å². The third-order valence-corrected chi connectivity index (χ3v) is 2.85. The van der Waals surface area contributed by atoms with Crippen molar-refractivity contribution in [3.8, 4) is 0 Å². The first kappa shape index (κ1) is 15.5. The summed E-state index contributed by atoms with van der Waals surface area (Å²) in [5.74, 6) is 0.518. The number of amides is 2. The van der Waals surface area contributed by atoms with Crippen LogP contribution in [0.3, 0.4) is 0 Å². The maximum Gasteiger partial charge on any atom is 0.224 e. The molecule has 0 aliphatic carbocycles. The predicted molar refractivity (Wildman–Crippen MR) is 87.2 cm³/mol. The van der Waals surface area contributed by atoms with Crippen molar-refractivity contribution in [2.75, 3.05) is 16.0 Å². The normalized spacial score (nSPS) is 9.91. The molecular formula is C16H18N4O2. The highest BCUT2D eigenvalue weighted by molar-refractivity contribution is 5.90. The summed E-state index contributed by atoms with van der Waals surface area (Å²) in [5, 5.41) is 8.59. The molecule has 1 aromatic carbocycles. The van der Waals surface area contributed by atoms with Crippen molar-refractivity contribution in [3.05, 3.63) is 42.6 Å². The zero-order valence-electron chi connectivity index (χ0n) is 12.5. The molecule has 0 spiro atoms. The van der Waals surface area contributed by atoms with E-state index in [9.17, 15) is 9.59 Å². The quantitative estimate of drug-likeness (QED) is 0.792. The SMILES string of the molecule is CCC(=O)Nc1ccc(Nc2ccc(NC(C)=O)cc2)nc1.